The van der Waals surface area contributed by atoms with Gasteiger partial charge in [-0.05, 0) is 11.6 Å². The molecule has 74 valence electrons. The van der Waals surface area contributed by atoms with Gasteiger partial charge in [-0.15, -0.1) is 0 Å². The molecule has 0 fully saturated rings. The van der Waals surface area contributed by atoms with Crippen molar-refractivity contribution in [3.05, 3.63) is 42.0 Å². The van der Waals surface area contributed by atoms with Crippen LogP contribution in [0.2, 0.25) is 0 Å². The molecule has 0 aliphatic carbocycles. The average molecular weight is 192 g/mol. The molecule has 0 bridgehead atoms. The summed E-state index contributed by atoms with van der Waals surface area (Å²) in [6.45, 7) is -0.0159. The molecule has 3 heteroatoms. The van der Waals surface area contributed by atoms with Crippen molar-refractivity contribution in [2.75, 3.05) is 13.9 Å². The largest absolute Gasteiger partial charge is 0.435 e. The number of ether oxygens (including phenoxy) is 2. The molecule has 1 rings (SSSR count). The van der Waals surface area contributed by atoms with Gasteiger partial charge >= 0.3 is 5.97 Å². The Bertz CT molecular complexity index is 304. The second kappa shape index (κ2) is 5.94. The molecular formula is C11H12O3. The molecule has 3 nitrogen and oxygen atoms in total. The smallest absolute Gasteiger partial charge is 0.332 e. The first kappa shape index (κ1) is 10.5. The Kier molecular flexibility index (Phi) is 4.44. The number of carbonyl (C=O) groups excluding carboxylic acids is 1. The molecule has 0 aliphatic rings. The van der Waals surface area contributed by atoms with Crippen LogP contribution in [-0.2, 0) is 14.3 Å². The van der Waals surface area contributed by atoms with Crippen molar-refractivity contribution < 1.29 is 14.3 Å². The van der Waals surface area contributed by atoms with Gasteiger partial charge in [-0.3, -0.25) is 0 Å². The van der Waals surface area contributed by atoms with Gasteiger partial charge in [0, 0.05) is 13.2 Å². The topological polar surface area (TPSA) is 35.5 Å². The van der Waals surface area contributed by atoms with Gasteiger partial charge < -0.3 is 9.47 Å². The SMILES string of the molecule is COCOC(=O)C=Cc1ccccc1. The van der Waals surface area contributed by atoms with Gasteiger partial charge in [-0.1, -0.05) is 30.3 Å². The lowest BCUT2D eigenvalue weighted by molar-refractivity contribution is -0.147. The summed E-state index contributed by atoms with van der Waals surface area (Å²) < 4.78 is 9.25. The average Bonchev–Trinajstić information content (AvgIpc) is 2.25. The Hall–Kier alpha value is -1.61. The molecule has 0 saturated heterocycles. The first-order chi connectivity index (χ1) is 6.83. The summed E-state index contributed by atoms with van der Waals surface area (Å²) in [6.07, 6.45) is 3.06. The highest BCUT2D eigenvalue weighted by Crippen LogP contribution is 2.00. The highest BCUT2D eigenvalue weighted by Gasteiger charge is 1.94. The van der Waals surface area contributed by atoms with Gasteiger partial charge in [0.25, 0.3) is 0 Å². The van der Waals surface area contributed by atoms with E-state index in [0.717, 1.165) is 5.56 Å². The van der Waals surface area contributed by atoms with Crippen LogP contribution < -0.4 is 0 Å². The van der Waals surface area contributed by atoms with E-state index < -0.39 is 5.97 Å². The van der Waals surface area contributed by atoms with Crippen LogP contribution in [0.1, 0.15) is 5.56 Å². The lowest BCUT2D eigenvalue weighted by Crippen LogP contribution is -2.03. The fraction of sp³-hybridized carbons (Fsp3) is 0.182. The van der Waals surface area contributed by atoms with E-state index in [-0.39, 0.29) is 6.79 Å². The standard InChI is InChI=1S/C11H12O3/c1-13-9-14-11(12)8-7-10-5-3-2-4-6-10/h2-8H,9H2,1H3. The Morgan fingerprint density at radius 1 is 1.36 bits per heavy atom. The zero-order valence-corrected chi connectivity index (χ0v) is 7.97. The molecule has 0 N–H and O–H groups in total. The predicted octanol–water partition coefficient (Wildman–Crippen LogP) is 1.85. The van der Waals surface area contributed by atoms with E-state index >= 15 is 0 Å². The number of esters is 1. The molecule has 0 unspecified atom stereocenters. The van der Waals surface area contributed by atoms with Crippen molar-refractivity contribution >= 4 is 12.0 Å². The molecule has 0 amide bonds. The van der Waals surface area contributed by atoms with Crippen molar-refractivity contribution in [1.29, 1.82) is 0 Å². The van der Waals surface area contributed by atoms with Crippen molar-refractivity contribution in [1.82, 2.24) is 0 Å². The maximum Gasteiger partial charge on any atom is 0.332 e. The zero-order valence-electron chi connectivity index (χ0n) is 7.97. The molecule has 0 radical (unpaired) electrons. The fourth-order valence-electron chi connectivity index (χ4n) is 0.894. The van der Waals surface area contributed by atoms with Crippen molar-refractivity contribution in [3.63, 3.8) is 0 Å². The van der Waals surface area contributed by atoms with Crippen LogP contribution in [-0.4, -0.2) is 19.9 Å². The molecule has 1 aromatic carbocycles. The molecule has 0 spiro atoms. The molecule has 0 atom stereocenters. The van der Waals surface area contributed by atoms with Gasteiger partial charge in [0.1, 0.15) is 0 Å². The number of methoxy groups -OCH3 is 1. The minimum atomic E-state index is -0.407. The molecule has 1 aromatic rings. The second-order valence-electron chi connectivity index (χ2n) is 2.61. The van der Waals surface area contributed by atoms with Crippen LogP contribution in [0, 0.1) is 0 Å². The maximum atomic E-state index is 11.0. The Labute approximate surface area is 83.0 Å². The van der Waals surface area contributed by atoms with Crippen LogP contribution in [0.3, 0.4) is 0 Å². The first-order valence-corrected chi connectivity index (χ1v) is 4.22. The lowest BCUT2D eigenvalue weighted by atomic mass is 10.2. The van der Waals surface area contributed by atoms with Crippen LogP contribution in [0.15, 0.2) is 36.4 Å². The molecule has 0 aromatic heterocycles. The quantitative estimate of drug-likeness (QED) is 0.415. The highest BCUT2D eigenvalue weighted by atomic mass is 16.7. The molecular weight excluding hydrogens is 180 g/mol. The number of rotatable bonds is 4. The van der Waals surface area contributed by atoms with E-state index in [4.69, 9.17) is 0 Å². The van der Waals surface area contributed by atoms with Crippen molar-refractivity contribution in [2.45, 2.75) is 0 Å². The Morgan fingerprint density at radius 2 is 2.07 bits per heavy atom. The summed E-state index contributed by atoms with van der Waals surface area (Å²) in [5.74, 6) is -0.407. The van der Waals surface area contributed by atoms with E-state index in [1.54, 1.807) is 6.08 Å². The van der Waals surface area contributed by atoms with E-state index in [1.807, 2.05) is 30.3 Å². The van der Waals surface area contributed by atoms with E-state index in [2.05, 4.69) is 9.47 Å². The maximum absolute atomic E-state index is 11.0. The van der Waals surface area contributed by atoms with Gasteiger partial charge in [-0.2, -0.15) is 0 Å². The summed E-state index contributed by atoms with van der Waals surface area (Å²) in [6, 6.07) is 9.53. The molecule has 0 aliphatic heterocycles. The Balaban J connectivity index is 2.44. The van der Waals surface area contributed by atoms with Crippen LogP contribution >= 0.6 is 0 Å². The zero-order chi connectivity index (χ0) is 10.2. The predicted molar refractivity (Wildman–Crippen MR) is 53.4 cm³/mol. The summed E-state index contributed by atoms with van der Waals surface area (Å²) in [7, 11) is 1.47. The first-order valence-electron chi connectivity index (χ1n) is 4.22. The third-order valence-electron chi connectivity index (χ3n) is 1.53. The van der Waals surface area contributed by atoms with E-state index in [9.17, 15) is 4.79 Å². The summed E-state index contributed by atoms with van der Waals surface area (Å²) >= 11 is 0. The molecule has 0 saturated carbocycles. The number of hydrogen-bond donors (Lipinski definition) is 0. The third-order valence-corrected chi connectivity index (χ3v) is 1.53. The van der Waals surface area contributed by atoms with Crippen molar-refractivity contribution in [2.24, 2.45) is 0 Å². The minimum absolute atomic E-state index is 0.0159. The van der Waals surface area contributed by atoms with Gasteiger partial charge in [0.15, 0.2) is 6.79 Å². The van der Waals surface area contributed by atoms with Gasteiger partial charge in [0.2, 0.25) is 0 Å². The minimum Gasteiger partial charge on any atom is -0.435 e. The van der Waals surface area contributed by atoms with E-state index in [1.165, 1.54) is 13.2 Å². The molecule has 14 heavy (non-hydrogen) atoms. The van der Waals surface area contributed by atoms with Crippen LogP contribution in [0.4, 0.5) is 0 Å². The summed E-state index contributed by atoms with van der Waals surface area (Å²) in [5, 5.41) is 0. The Morgan fingerprint density at radius 3 is 2.71 bits per heavy atom. The summed E-state index contributed by atoms with van der Waals surface area (Å²) in [5.41, 5.74) is 0.960. The monoisotopic (exact) mass is 192 g/mol. The van der Waals surface area contributed by atoms with Gasteiger partial charge in [0.05, 0.1) is 0 Å². The summed E-state index contributed by atoms with van der Waals surface area (Å²) in [4.78, 5) is 11.0. The van der Waals surface area contributed by atoms with Gasteiger partial charge in [-0.25, -0.2) is 4.79 Å². The lowest BCUT2D eigenvalue weighted by Gasteiger charge is -1.97. The highest BCUT2D eigenvalue weighted by molar-refractivity contribution is 5.86. The number of carbonyl (C=O) groups is 1. The number of hydrogen-bond acceptors (Lipinski definition) is 3. The van der Waals surface area contributed by atoms with Crippen LogP contribution in [0.5, 0.6) is 0 Å². The third kappa shape index (κ3) is 3.87. The number of benzene rings is 1. The second-order valence-corrected chi connectivity index (χ2v) is 2.61. The fourth-order valence-corrected chi connectivity index (χ4v) is 0.894. The van der Waals surface area contributed by atoms with Crippen LogP contribution in [0.25, 0.3) is 6.08 Å². The molecule has 0 heterocycles. The van der Waals surface area contributed by atoms with Crippen molar-refractivity contribution in [3.8, 4) is 0 Å². The normalized spacial score (nSPS) is 10.4. The van der Waals surface area contributed by atoms with E-state index in [0.29, 0.717) is 0 Å².